The number of hydrogen-bond donors (Lipinski definition) is 0. The Labute approximate surface area is 137 Å². The minimum Gasteiger partial charge on any atom is -0.423 e. The van der Waals surface area contributed by atoms with Gasteiger partial charge in [-0.2, -0.15) is 0 Å². The molecule has 1 fully saturated rings. The molecule has 1 saturated heterocycles. The lowest BCUT2D eigenvalue weighted by molar-refractivity contribution is -0.139. The van der Waals surface area contributed by atoms with Crippen molar-refractivity contribution in [2.45, 2.75) is 25.9 Å². The van der Waals surface area contributed by atoms with E-state index in [4.69, 9.17) is 9.15 Å². The number of nitrogens with zero attached hydrogens (tertiary/aromatic N) is 3. The van der Waals surface area contributed by atoms with Gasteiger partial charge in [-0.1, -0.05) is 12.1 Å². The van der Waals surface area contributed by atoms with E-state index in [1.165, 1.54) is 12.1 Å². The Hall–Kier alpha value is -2.35. The molecule has 1 amide bonds. The van der Waals surface area contributed by atoms with Crippen LogP contribution in [0.25, 0.3) is 0 Å². The molecular formula is C16H17F2N3O3. The number of aryl methyl sites for hydroxylation is 2. The highest BCUT2D eigenvalue weighted by Crippen LogP contribution is 2.22. The van der Waals surface area contributed by atoms with Gasteiger partial charge in [0.2, 0.25) is 17.7 Å². The first-order valence-electron chi connectivity index (χ1n) is 7.67. The predicted octanol–water partition coefficient (Wildman–Crippen LogP) is 2.19. The van der Waals surface area contributed by atoms with E-state index >= 15 is 0 Å². The normalized spacial score (nSPS) is 18.0. The molecule has 1 aliphatic heterocycles. The van der Waals surface area contributed by atoms with Crippen LogP contribution < -0.4 is 0 Å². The van der Waals surface area contributed by atoms with Crippen molar-refractivity contribution in [2.24, 2.45) is 0 Å². The molecule has 1 aromatic heterocycles. The zero-order valence-corrected chi connectivity index (χ0v) is 13.2. The van der Waals surface area contributed by atoms with E-state index in [1.807, 2.05) is 0 Å². The number of amides is 1. The van der Waals surface area contributed by atoms with E-state index in [2.05, 4.69) is 10.2 Å². The molecule has 0 aliphatic carbocycles. The van der Waals surface area contributed by atoms with Crippen molar-refractivity contribution < 1.29 is 22.7 Å². The number of morpholine rings is 1. The number of carbonyl (C=O) groups excluding carboxylic acids is 1. The third-order valence-electron chi connectivity index (χ3n) is 3.88. The number of hydrogen-bond acceptors (Lipinski definition) is 5. The van der Waals surface area contributed by atoms with Gasteiger partial charge in [-0.05, 0) is 18.1 Å². The van der Waals surface area contributed by atoms with E-state index in [0.717, 1.165) is 6.07 Å². The summed E-state index contributed by atoms with van der Waals surface area (Å²) in [5, 5.41) is 7.66. The highest BCUT2D eigenvalue weighted by atomic mass is 19.2. The lowest BCUT2D eigenvalue weighted by Gasteiger charge is -2.31. The molecule has 128 valence electrons. The molecule has 0 spiro atoms. The van der Waals surface area contributed by atoms with Crippen LogP contribution in [0.5, 0.6) is 0 Å². The van der Waals surface area contributed by atoms with Crippen molar-refractivity contribution in [3.63, 3.8) is 0 Å². The summed E-state index contributed by atoms with van der Waals surface area (Å²) < 4.78 is 37.7. The first kappa shape index (κ1) is 16.5. The maximum absolute atomic E-state index is 13.6. The van der Waals surface area contributed by atoms with E-state index < -0.39 is 17.7 Å². The van der Waals surface area contributed by atoms with Crippen molar-refractivity contribution in [3.8, 4) is 0 Å². The fraction of sp³-hybridized carbons (Fsp3) is 0.438. The van der Waals surface area contributed by atoms with Gasteiger partial charge < -0.3 is 14.1 Å². The summed E-state index contributed by atoms with van der Waals surface area (Å²) in [6.45, 7) is 2.77. The van der Waals surface area contributed by atoms with Gasteiger partial charge in [-0.15, -0.1) is 10.2 Å². The van der Waals surface area contributed by atoms with Crippen LogP contribution in [-0.2, 0) is 16.0 Å². The monoisotopic (exact) mass is 337 g/mol. The molecule has 3 rings (SSSR count). The lowest BCUT2D eigenvalue weighted by Crippen LogP contribution is -2.42. The molecule has 1 aromatic carbocycles. The number of aromatic nitrogens is 2. The maximum atomic E-state index is 13.6. The second kappa shape index (κ2) is 7.04. The molecular weight excluding hydrogens is 320 g/mol. The van der Waals surface area contributed by atoms with Gasteiger partial charge in [-0.3, -0.25) is 4.79 Å². The van der Waals surface area contributed by atoms with Crippen LogP contribution in [0.3, 0.4) is 0 Å². The highest BCUT2D eigenvalue weighted by molar-refractivity contribution is 5.76. The second-order valence-electron chi connectivity index (χ2n) is 5.57. The third-order valence-corrected chi connectivity index (χ3v) is 3.88. The quantitative estimate of drug-likeness (QED) is 0.855. The summed E-state index contributed by atoms with van der Waals surface area (Å²) in [7, 11) is 0. The van der Waals surface area contributed by atoms with E-state index in [9.17, 15) is 13.6 Å². The Balaban J connectivity index is 1.59. The fourth-order valence-electron chi connectivity index (χ4n) is 2.61. The molecule has 8 heteroatoms. The summed E-state index contributed by atoms with van der Waals surface area (Å²) in [5.74, 6) is -1.19. The van der Waals surface area contributed by atoms with Gasteiger partial charge in [0.15, 0.2) is 17.7 Å². The van der Waals surface area contributed by atoms with E-state index in [-0.39, 0.29) is 24.3 Å². The largest absolute Gasteiger partial charge is 0.423 e. The minimum absolute atomic E-state index is 0.0932. The number of benzene rings is 1. The fourth-order valence-corrected chi connectivity index (χ4v) is 2.61. The first-order valence-corrected chi connectivity index (χ1v) is 7.67. The average molecular weight is 337 g/mol. The molecule has 2 aromatic rings. The zero-order chi connectivity index (χ0) is 17.1. The Morgan fingerprint density at radius 1 is 1.38 bits per heavy atom. The zero-order valence-electron chi connectivity index (χ0n) is 13.2. The van der Waals surface area contributed by atoms with Crippen LogP contribution in [-0.4, -0.2) is 40.7 Å². The summed E-state index contributed by atoms with van der Waals surface area (Å²) in [4.78, 5) is 14.0. The molecule has 1 atom stereocenters. The summed E-state index contributed by atoms with van der Waals surface area (Å²) in [6, 6.07) is 3.97. The van der Waals surface area contributed by atoms with E-state index in [0.29, 0.717) is 31.5 Å². The SMILES string of the molecule is Cc1nnc(C2CN(C(=O)CCc3cccc(F)c3F)CCO2)o1. The number of carbonyl (C=O) groups is 1. The van der Waals surface area contributed by atoms with Crippen LogP contribution in [0.2, 0.25) is 0 Å². The molecule has 0 saturated carbocycles. The minimum atomic E-state index is -0.904. The average Bonchev–Trinajstić information content (AvgIpc) is 3.02. The van der Waals surface area contributed by atoms with Gasteiger partial charge in [-0.25, -0.2) is 8.78 Å². The smallest absolute Gasteiger partial charge is 0.246 e. The Morgan fingerprint density at radius 2 is 2.21 bits per heavy atom. The Morgan fingerprint density at radius 3 is 2.96 bits per heavy atom. The van der Waals surface area contributed by atoms with Gasteiger partial charge in [0.25, 0.3) is 0 Å². The third kappa shape index (κ3) is 3.59. The van der Waals surface area contributed by atoms with Crippen molar-refractivity contribution in [2.75, 3.05) is 19.7 Å². The molecule has 1 unspecified atom stereocenters. The van der Waals surface area contributed by atoms with Gasteiger partial charge in [0.05, 0.1) is 13.2 Å². The van der Waals surface area contributed by atoms with E-state index in [1.54, 1.807) is 11.8 Å². The van der Waals surface area contributed by atoms with Gasteiger partial charge in [0.1, 0.15) is 0 Å². The molecule has 0 bridgehead atoms. The van der Waals surface area contributed by atoms with Crippen LogP contribution >= 0.6 is 0 Å². The molecule has 0 radical (unpaired) electrons. The topological polar surface area (TPSA) is 68.5 Å². The molecule has 1 aliphatic rings. The van der Waals surface area contributed by atoms with Gasteiger partial charge >= 0.3 is 0 Å². The number of halogens is 2. The maximum Gasteiger partial charge on any atom is 0.246 e. The second-order valence-corrected chi connectivity index (χ2v) is 5.57. The van der Waals surface area contributed by atoms with Crippen LogP contribution in [0, 0.1) is 18.6 Å². The van der Waals surface area contributed by atoms with Crippen LogP contribution in [0.4, 0.5) is 8.78 Å². The number of rotatable bonds is 4. The van der Waals surface area contributed by atoms with Crippen molar-refractivity contribution >= 4 is 5.91 Å². The van der Waals surface area contributed by atoms with Crippen molar-refractivity contribution in [1.29, 1.82) is 0 Å². The molecule has 6 nitrogen and oxygen atoms in total. The number of ether oxygens (including phenoxy) is 1. The van der Waals surface area contributed by atoms with Crippen molar-refractivity contribution in [3.05, 3.63) is 47.2 Å². The summed E-state index contributed by atoms with van der Waals surface area (Å²) in [5.41, 5.74) is 0.195. The predicted molar refractivity (Wildman–Crippen MR) is 79.0 cm³/mol. The highest BCUT2D eigenvalue weighted by Gasteiger charge is 2.28. The van der Waals surface area contributed by atoms with Gasteiger partial charge in [0, 0.05) is 19.9 Å². The molecule has 2 heterocycles. The standard InChI is InChI=1S/C16H17F2N3O3/c1-10-19-20-16(24-10)13-9-21(7-8-23-13)14(22)6-5-11-3-2-4-12(17)15(11)18/h2-4,13H,5-9H2,1H3. The summed E-state index contributed by atoms with van der Waals surface area (Å²) >= 11 is 0. The molecule has 24 heavy (non-hydrogen) atoms. The Bertz CT molecular complexity index is 735. The summed E-state index contributed by atoms with van der Waals surface area (Å²) in [6.07, 6.45) is -0.227. The molecule has 0 N–H and O–H groups in total. The Kier molecular flexibility index (Phi) is 4.84. The lowest BCUT2D eigenvalue weighted by atomic mass is 10.1. The van der Waals surface area contributed by atoms with Crippen LogP contribution in [0.15, 0.2) is 22.6 Å². The van der Waals surface area contributed by atoms with Crippen LogP contribution in [0.1, 0.15) is 29.9 Å². The van der Waals surface area contributed by atoms with Crippen molar-refractivity contribution in [1.82, 2.24) is 15.1 Å². The first-order chi connectivity index (χ1) is 11.5.